The van der Waals surface area contributed by atoms with E-state index in [2.05, 4.69) is 31.9 Å². The molecule has 0 saturated heterocycles. The molecule has 0 amide bonds. The van der Waals surface area contributed by atoms with Crippen molar-refractivity contribution in [1.82, 2.24) is 4.57 Å². The highest BCUT2D eigenvalue weighted by atomic mass is 79.9. The third kappa shape index (κ3) is 3.00. The van der Waals surface area contributed by atoms with Gasteiger partial charge in [-0.15, -0.1) is 0 Å². The summed E-state index contributed by atoms with van der Waals surface area (Å²) >= 11 is 6.49. The number of aromatic carboxylic acids is 1. The summed E-state index contributed by atoms with van der Waals surface area (Å²) in [6, 6.07) is 6.08. The first-order valence-electron chi connectivity index (χ1n) is 4.99. The van der Waals surface area contributed by atoms with Crippen LogP contribution in [-0.2, 0) is 6.54 Å². The number of aromatic nitrogens is 1. The number of hydrogen-bond acceptors (Lipinski definition) is 1. The third-order valence-corrected chi connectivity index (χ3v) is 3.51. The fourth-order valence-corrected chi connectivity index (χ4v) is 2.60. The van der Waals surface area contributed by atoms with Crippen LogP contribution in [0.5, 0.6) is 0 Å². The molecule has 1 aromatic heterocycles. The van der Waals surface area contributed by atoms with Gasteiger partial charge in [-0.05, 0) is 45.8 Å². The Balaban J connectivity index is 2.30. The van der Waals surface area contributed by atoms with E-state index in [0.717, 1.165) is 5.56 Å². The Morgan fingerprint density at radius 3 is 2.56 bits per heavy atom. The predicted octanol–water partition coefficient (Wildman–Crippen LogP) is 3.90. The molecule has 1 N–H and O–H groups in total. The molecule has 0 unspecified atom stereocenters. The molecular weight excluding hydrogens is 369 g/mol. The van der Waals surface area contributed by atoms with Crippen LogP contribution in [0, 0.1) is 5.82 Å². The molecule has 18 heavy (non-hydrogen) atoms. The second kappa shape index (κ2) is 5.24. The van der Waals surface area contributed by atoms with Gasteiger partial charge in [0.1, 0.15) is 5.82 Å². The van der Waals surface area contributed by atoms with Crippen molar-refractivity contribution < 1.29 is 14.3 Å². The molecular formula is C12H8Br2FNO2. The molecule has 0 spiro atoms. The first-order valence-corrected chi connectivity index (χ1v) is 6.58. The van der Waals surface area contributed by atoms with Gasteiger partial charge in [-0.2, -0.15) is 0 Å². The zero-order valence-electron chi connectivity index (χ0n) is 9.03. The molecule has 0 aliphatic heterocycles. The van der Waals surface area contributed by atoms with Gasteiger partial charge < -0.3 is 9.67 Å². The van der Waals surface area contributed by atoms with Crippen LogP contribution in [0.15, 0.2) is 39.5 Å². The molecule has 2 rings (SSSR count). The highest BCUT2D eigenvalue weighted by Gasteiger charge is 2.10. The number of benzene rings is 1. The smallest absolute Gasteiger partial charge is 0.337 e. The maximum absolute atomic E-state index is 13.2. The standard InChI is InChI=1S/C12H8Br2FNO2/c13-9-1-7(2-10(15)4-9)5-16-6-8(12(17)18)3-11(16)14/h1-4,6H,5H2,(H,17,18). The molecule has 0 atom stereocenters. The van der Waals surface area contributed by atoms with Crippen LogP contribution >= 0.6 is 31.9 Å². The maximum Gasteiger partial charge on any atom is 0.337 e. The van der Waals surface area contributed by atoms with Gasteiger partial charge in [0.2, 0.25) is 0 Å². The quantitative estimate of drug-likeness (QED) is 0.882. The lowest BCUT2D eigenvalue weighted by Crippen LogP contribution is -2.00. The van der Waals surface area contributed by atoms with Crippen LogP contribution < -0.4 is 0 Å². The summed E-state index contributed by atoms with van der Waals surface area (Å²) in [5.74, 6) is -1.32. The fourth-order valence-electron chi connectivity index (χ4n) is 1.62. The van der Waals surface area contributed by atoms with Crippen molar-refractivity contribution in [2.75, 3.05) is 0 Å². The van der Waals surface area contributed by atoms with Crippen molar-refractivity contribution in [3.63, 3.8) is 0 Å². The molecule has 2 aromatic rings. The van der Waals surface area contributed by atoms with E-state index in [9.17, 15) is 9.18 Å². The summed E-state index contributed by atoms with van der Waals surface area (Å²) in [7, 11) is 0. The predicted molar refractivity (Wildman–Crippen MR) is 72.3 cm³/mol. The van der Waals surface area contributed by atoms with E-state index in [0.29, 0.717) is 15.6 Å². The second-order valence-corrected chi connectivity index (χ2v) is 5.49. The summed E-state index contributed by atoms with van der Waals surface area (Å²) < 4.78 is 16.2. The van der Waals surface area contributed by atoms with E-state index in [-0.39, 0.29) is 11.4 Å². The van der Waals surface area contributed by atoms with Crippen LogP contribution in [-0.4, -0.2) is 15.6 Å². The highest BCUT2D eigenvalue weighted by molar-refractivity contribution is 9.10. The van der Waals surface area contributed by atoms with E-state index in [1.54, 1.807) is 10.6 Å². The minimum absolute atomic E-state index is 0.192. The molecule has 0 saturated carbocycles. The number of carbonyl (C=O) groups is 1. The van der Waals surface area contributed by atoms with Crippen LogP contribution in [0.2, 0.25) is 0 Å². The van der Waals surface area contributed by atoms with E-state index in [1.807, 2.05) is 0 Å². The zero-order valence-corrected chi connectivity index (χ0v) is 12.2. The summed E-state index contributed by atoms with van der Waals surface area (Å²) in [5, 5.41) is 8.88. The molecule has 0 aliphatic carbocycles. The summed E-state index contributed by atoms with van der Waals surface area (Å²) in [4.78, 5) is 10.8. The number of halogens is 3. The molecule has 6 heteroatoms. The first-order chi connectivity index (χ1) is 8.45. The third-order valence-electron chi connectivity index (χ3n) is 2.37. The Morgan fingerprint density at radius 2 is 2.00 bits per heavy atom. The largest absolute Gasteiger partial charge is 0.478 e. The number of hydrogen-bond donors (Lipinski definition) is 1. The maximum atomic E-state index is 13.2. The SMILES string of the molecule is O=C(O)c1cc(Br)n(Cc2cc(F)cc(Br)c2)c1. The minimum Gasteiger partial charge on any atom is -0.478 e. The average Bonchev–Trinajstić information content (AvgIpc) is 2.59. The molecule has 0 bridgehead atoms. The van der Waals surface area contributed by atoms with E-state index in [1.165, 1.54) is 24.4 Å². The molecule has 0 fully saturated rings. The van der Waals surface area contributed by atoms with Crippen molar-refractivity contribution in [2.45, 2.75) is 6.54 Å². The molecule has 3 nitrogen and oxygen atoms in total. The van der Waals surface area contributed by atoms with Crippen molar-refractivity contribution in [1.29, 1.82) is 0 Å². The fraction of sp³-hybridized carbons (Fsp3) is 0.0833. The number of nitrogens with zero attached hydrogens (tertiary/aromatic N) is 1. The van der Waals surface area contributed by atoms with Crippen molar-refractivity contribution >= 4 is 37.8 Å². The lowest BCUT2D eigenvalue weighted by atomic mass is 10.2. The topological polar surface area (TPSA) is 42.2 Å². The summed E-state index contributed by atoms with van der Waals surface area (Å²) in [6.45, 7) is 0.393. The molecule has 0 radical (unpaired) electrons. The van der Waals surface area contributed by atoms with Crippen LogP contribution in [0.1, 0.15) is 15.9 Å². The average molecular weight is 377 g/mol. The zero-order chi connectivity index (χ0) is 13.3. The molecule has 94 valence electrons. The van der Waals surface area contributed by atoms with Gasteiger partial charge in [-0.1, -0.05) is 15.9 Å². The van der Waals surface area contributed by atoms with Gasteiger partial charge in [0.05, 0.1) is 10.2 Å². The minimum atomic E-state index is -0.991. The highest BCUT2D eigenvalue weighted by Crippen LogP contribution is 2.20. The van der Waals surface area contributed by atoms with E-state index in [4.69, 9.17) is 5.11 Å². The molecule has 0 aliphatic rings. The molecule has 1 aromatic carbocycles. The van der Waals surface area contributed by atoms with Gasteiger partial charge in [-0.25, -0.2) is 9.18 Å². The Morgan fingerprint density at radius 1 is 1.28 bits per heavy atom. The Labute approximate surface area is 119 Å². The number of carboxylic acids is 1. The van der Waals surface area contributed by atoms with Crippen molar-refractivity contribution in [3.05, 3.63) is 56.5 Å². The van der Waals surface area contributed by atoms with Gasteiger partial charge in [0.15, 0.2) is 0 Å². The van der Waals surface area contributed by atoms with E-state index >= 15 is 0 Å². The number of carboxylic acid groups (broad SMARTS) is 1. The Kier molecular flexibility index (Phi) is 3.87. The monoisotopic (exact) mass is 375 g/mol. The van der Waals surface area contributed by atoms with Gasteiger partial charge in [0, 0.05) is 17.2 Å². The summed E-state index contributed by atoms with van der Waals surface area (Å²) in [6.07, 6.45) is 1.51. The van der Waals surface area contributed by atoms with Gasteiger partial charge in [0.25, 0.3) is 0 Å². The Hall–Kier alpha value is -1.14. The van der Waals surface area contributed by atoms with Crippen LogP contribution in [0.4, 0.5) is 4.39 Å². The van der Waals surface area contributed by atoms with Crippen LogP contribution in [0.3, 0.4) is 0 Å². The van der Waals surface area contributed by atoms with Gasteiger partial charge in [-0.3, -0.25) is 0 Å². The Bertz CT molecular complexity index is 590. The second-order valence-electron chi connectivity index (χ2n) is 3.76. The molecule has 1 heterocycles. The first kappa shape index (κ1) is 13.3. The number of rotatable bonds is 3. The lowest BCUT2D eigenvalue weighted by molar-refractivity contribution is 0.0697. The van der Waals surface area contributed by atoms with Crippen LogP contribution in [0.25, 0.3) is 0 Å². The van der Waals surface area contributed by atoms with E-state index < -0.39 is 5.97 Å². The van der Waals surface area contributed by atoms with Gasteiger partial charge >= 0.3 is 5.97 Å². The lowest BCUT2D eigenvalue weighted by Gasteiger charge is -2.06. The normalized spacial score (nSPS) is 10.6. The van der Waals surface area contributed by atoms with Crippen molar-refractivity contribution in [3.8, 4) is 0 Å². The summed E-state index contributed by atoms with van der Waals surface area (Å²) in [5.41, 5.74) is 0.937. The van der Waals surface area contributed by atoms with Crippen molar-refractivity contribution in [2.24, 2.45) is 0 Å².